The fraction of sp³-hybridized carbons (Fsp3) is 0.667. The Labute approximate surface area is 73.8 Å². The van der Waals surface area contributed by atoms with Gasteiger partial charge in [0, 0.05) is 6.54 Å². The van der Waals surface area contributed by atoms with Gasteiger partial charge in [0.05, 0.1) is 6.61 Å². The van der Waals surface area contributed by atoms with Crippen LogP contribution < -0.4 is 5.32 Å². The summed E-state index contributed by atoms with van der Waals surface area (Å²) in [5, 5.41) is 2.66. The molecule has 0 unspecified atom stereocenters. The highest BCUT2D eigenvalue weighted by molar-refractivity contribution is 5.67. The summed E-state index contributed by atoms with van der Waals surface area (Å²) in [6.45, 7) is 6.82. The summed E-state index contributed by atoms with van der Waals surface area (Å²) >= 11 is 0. The van der Waals surface area contributed by atoms with Crippen LogP contribution in [0.1, 0.15) is 27.2 Å². The smallest absolute Gasteiger partial charge is 0.407 e. The maximum Gasteiger partial charge on any atom is 0.407 e. The van der Waals surface area contributed by atoms with Gasteiger partial charge < -0.3 is 10.1 Å². The van der Waals surface area contributed by atoms with Gasteiger partial charge in [-0.05, 0) is 20.3 Å². The molecule has 0 fully saturated rings. The third-order valence-corrected chi connectivity index (χ3v) is 1.60. The first kappa shape index (κ1) is 11.0. The number of rotatable bonds is 4. The maximum atomic E-state index is 10.8. The highest BCUT2D eigenvalue weighted by Crippen LogP contribution is 1.97. The Balaban J connectivity index is 3.59. The van der Waals surface area contributed by atoms with E-state index in [2.05, 4.69) is 12.2 Å². The van der Waals surface area contributed by atoms with Crippen LogP contribution in [0, 0.1) is 0 Å². The fourth-order valence-corrected chi connectivity index (χ4v) is 0.799. The van der Waals surface area contributed by atoms with E-state index in [0.29, 0.717) is 13.2 Å². The number of alkyl carbamates (subject to hydrolysis) is 1. The van der Waals surface area contributed by atoms with E-state index in [0.717, 1.165) is 6.42 Å². The van der Waals surface area contributed by atoms with Gasteiger partial charge >= 0.3 is 6.09 Å². The molecule has 0 aromatic carbocycles. The predicted octanol–water partition coefficient (Wildman–Crippen LogP) is 2.09. The lowest BCUT2D eigenvalue weighted by molar-refractivity contribution is 0.153. The molecule has 70 valence electrons. The minimum absolute atomic E-state index is 0.342. The van der Waals surface area contributed by atoms with E-state index in [9.17, 15) is 4.79 Å². The average Bonchev–Trinajstić information content (AvgIpc) is 2.07. The largest absolute Gasteiger partial charge is 0.450 e. The maximum absolute atomic E-state index is 10.8. The number of nitrogens with one attached hydrogen (secondary N) is 1. The zero-order valence-electron chi connectivity index (χ0n) is 8.02. The Hall–Kier alpha value is -0.990. The van der Waals surface area contributed by atoms with Crippen LogP contribution in [0.5, 0.6) is 0 Å². The van der Waals surface area contributed by atoms with E-state index in [1.807, 2.05) is 13.0 Å². The van der Waals surface area contributed by atoms with Crippen LogP contribution in [0.2, 0.25) is 0 Å². The minimum atomic E-state index is -0.342. The molecule has 12 heavy (non-hydrogen) atoms. The van der Waals surface area contributed by atoms with Gasteiger partial charge in [-0.25, -0.2) is 4.79 Å². The second kappa shape index (κ2) is 6.70. The molecule has 0 aliphatic carbocycles. The molecule has 3 nitrogen and oxygen atoms in total. The summed E-state index contributed by atoms with van der Waals surface area (Å²) < 4.78 is 4.70. The number of carbonyl (C=O) groups excluding carboxylic acids is 1. The highest BCUT2D eigenvalue weighted by atomic mass is 16.5. The Bertz CT molecular complexity index is 164. The molecular formula is C9H17NO2. The van der Waals surface area contributed by atoms with Crippen molar-refractivity contribution in [2.24, 2.45) is 0 Å². The summed E-state index contributed by atoms with van der Waals surface area (Å²) in [6, 6.07) is 0. The predicted molar refractivity (Wildman–Crippen MR) is 49.1 cm³/mol. The standard InChI is InChI=1S/C9H17NO2/c1-4-8(5-2)7-10-9(11)12-6-3/h4H,5-7H2,1-3H3,(H,10,11)/b8-4+. The summed E-state index contributed by atoms with van der Waals surface area (Å²) in [5.41, 5.74) is 1.21. The lowest BCUT2D eigenvalue weighted by Gasteiger charge is -2.06. The molecule has 0 atom stereocenters. The second-order valence-corrected chi connectivity index (χ2v) is 2.37. The van der Waals surface area contributed by atoms with Gasteiger partial charge in [-0.1, -0.05) is 18.6 Å². The van der Waals surface area contributed by atoms with Crippen molar-refractivity contribution < 1.29 is 9.53 Å². The van der Waals surface area contributed by atoms with Crippen LogP contribution in [0.4, 0.5) is 4.79 Å². The summed E-state index contributed by atoms with van der Waals surface area (Å²) in [7, 11) is 0. The Morgan fingerprint density at radius 2 is 2.17 bits per heavy atom. The lowest BCUT2D eigenvalue weighted by atomic mass is 10.2. The highest BCUT2D eigenvalue weighted by Gasteiger charge is 1.99. The monoisotopic (exact) mass is 171 g/mol. The summed E-state index contributed by atoms with van der Waals surface area (Å²) in [6.07, 6.45) is 2.63. The van der Waals surface area contributed by atoms with Gasteiger partial charge in [0.2, 0.25) is 0 Å². The number of hydrogen-bond donors (Lipinski definition) is 1. The molecule has 0 aliphatic heterocycles. The SMILES string of the molecule is C/C=C(\CC)CNC(=O)OCC. The molecule has 0 aromatic heterocycles. The third kappa shape index (κ3) is 4.77. The van der Waals surface area contributed by atoms with E-state index in [1.165, 1.54) is 5.57 Å². The molecule has 0 spiro atoms. The normalized spacial score (nSPS) is 11.1. The van der Waals surface area contributed by atoms with Crippen LogP contribution in [0.15, 0.2) is 11.6 Å². The third-order valence-electron chi connectivity index (χ3n) is 1.60. The summed E-state index contributed by atoms with van der Waals surface area (Å²) in [4.78, 5) is 10.8. The van der Waals surface area contributed by atoms with Gasteiger partial charge in [-0.15, -0.1) is 0 Å². The van der Waals surface area contributed by atoms with Crippen molar-refractivity contribution >= 4 is 6.09 Å². The number of carbonyl (C=O) groups is 1. The zero-order chi connectivity index (χ0) is 9.40. The van der Waals surface area contributed by atoms with Gasteiger partial charge in [-0.3, -0.25) is 0 Å². The average molecular weight is 171 g/mol. The molecule has 0 bridgehead atoms. The van der Waals surface area contributed by atoms with E-state index in [-0.39, 0.29) is 6.09 Å². The van der Waals surface area contributed by atoms with Gasteiger partial charge in [0.1, 0.15) is 0 Å². The zero-order valence-corrected chi connectivity index (χ0v) is 8.02. The van der Waals surface area contributed by atoms with Crippen LogP contribution in [-0.4, -0.2) is 19.2 Å². The quantitative estimate of drug-likeness (QED) is 0.658. The topological polar surface area (TPSA) is 38.3 Å². The molecule has 0 saturated carbocycles. The summed E-state index contributed by atoms with van der Waals surface area (Å²) in [5.74, 6) is 0. The molecule has 0 radical (unpaired) electrons. The first-order chi connectivity index (χ1) is 5.74. The fourth-order valence-electron chi connectivity index (χ4n) is 0.799. The van der Waals surface area contributed by atoms with Crippen molar-refractivity contribution in [3.63, 3.8) is 0 Å². The van der Waals surface area contributed by atoms with E-state index in [4.69, 9.17) is 4.74 Å². The number of allylic oxidation sites excluding steroid dienone is 1. The van der Waals surface area contributed by atoms with Crippen LogP contribution in [-0.2, 0) is 4.74 Å². The molecule has 0 aromatic rings. The molecule has 0 heterocycles. The van der Waals surface area contributed by atoms with E-state index >= 15 is 0 Å². The molecule has 0 saturated heterocycles. The van der Waals surface area contributed by atoms with Crippen molar-refractivity contribution in [2.75, 3.05) is 13.2 Å². The number of hydrogen-bond acceptors (Lipinski definition) is 2. The first-order valence-electron chi connectivity index (χ1n) is 4.29. The second-order valence-electron chi connectivity index (χ2n) is 2.37. The van der Waals surface area contributed by atoms with E-state index < -0.39 is 0 Å². The van der Waals surface area contributed by atoms with Crippen LogP contribution >= 0.6 is 0 Å². The molecule has 1 amide bonds. The van der Waals surface area contributed by atoms with Crippen molar-refractivity contribution in [2.45, 2.75) is 27.2 Å². The molecule has 1 N–H and O–H groups in total. The molecular weight excluding hydrogens is 154 g/mol. The van der Waals surface area contributed by atoms with Crippen molar-refractivity contribution in [1.29, 1.82) is 0 Å². The van der Waals surface area contributed by atoms with Gasteiger partial charge in [0.25, 0.3) is 0 Å². The lowest BCUT2D eigenvalue weighted by Crippen LogP contribution is -2.26. The van der Waals surface area contributed by atoms with E-state index in [1.54, 1.807) is 6.92 Å². The molecule has 0 rings (SSSR count). The molecule has 0 aliphatic rings. The van der Waals surface area contributed by atoms with Crippen LogP contribution in [0.25, 0.3) is 0 Å². The Morgan fingerprint density at radius 1 is 1.50 bits per heavy atom. The first-order valence-corrected chi connectivity index (χ1v) is 4.29. The van der Waals surface area contributed by atoms with Gasteiger partial charge in [-0.2, -0.15) is 0 Å². The Morgan fingerprint density at radius 3 is 2.58 bits per heavy atom. The molecule has 3 heteroatoms. The number of amides is 1. The van der Waals surface area contributed by atoms with Gasteiger partial charge in [0.15, 0.2) is 0 Å². The van der Waals surface area contributed by atoms with Crippen molar-refractivity contribution in [3.05, 3.63) is 11.6 Å². The number of ether oxygens (including phenoxy) is 1. The van der Waals surface area contributed by atoms with Crippen LogP contribution in [0.3, 0.4) is 0 Å². The minimum Gasteiger partial charge on any atom is -0.450 e. The van der Waals surface area contributed by atoms with Crippen molar-refractivity contribution in [3.8, 4) is 0 Å². The Kier molecular flexibility index (Phi) is 6.15. The van der Waals surface area contributed by atoms with Crippen molar-refractivity contribution in [1.82, 2.24) is 5.32 Å².